The molecule has 3 heterocycles. The summed E-state index contributed by atoms with van der Waals surface area (Å²) in [7, 11) is 0. The smallest absolute Gasteiger partial charge is 0.240 e. The average Bonchev–Trinajstić information content (AvgIpc) is 3.02. The van der Waals surface area contributed by atoms with Crippen molar-refractivity contribution in [1.29, 1.82) is 0 Å². The lowest BCUT2D eigenvalue weighted by Crippen LogP contribution is -2.65. The van der Waals surface area contributed by atoms with Crippen LogP contribution in [-0.2, 0) is 14.3 Å². The number of hydrogen-bond acceptors (Lipinski definition) is 8. The third-order valence-electron chi connectivity index (χ3n) is 6.66. The van der Waals surface area contributed by atoms with Crippen LogP contribution < -0.4 is 10.6 Å². The zero-order valence-electron chi connectivity index (χ0n) is 18.1. The third kappa shape index (κ3) is 5.86. The number of thioether (sulfide) groups is 1. The first-order chi connectivity index (χ1) is 15.1. The largest absolute Gasteiger partial charge is 0.388 e. The molecule has 8 nitrogen and oxygen atoms in total. The van der Waals surface area contributed by atoms with E-state index >= 15 is 0 Å². The van der Waals surface area contributed by atoms with E-state index in [2.05, 4.69) is 10.6 Å². The number of rotatable bonds is 7. The van der Waals surface area contributed by atoms with Gasteiger partial charge in [0.1, 0.15) is 35.9 Å². The number of ether oxygens (including phenoxy) is 2. The highest BCUT2D eigenvalue weighted by atomic mass is 35.5. The Kier molecular flexibility index (Phi) is 9.41. The molecule has 0 aromatic rings. The maximum absolute atomic E-state index is 13.1. The van der Waals surface area contributed by atoms with Crippen LogP contribution in [0.3, 0.4) is 0 Å². The lowest BCUT2D eigenvalue weighted by molar-refractivity contribution is -0.205. The maximum atomic E-state index is 13.1. The molecule has 0 radical (unpaired) electrons. The van der Waals surface area contributed by atoms with Crippen LogP contribution in [0.2, 0.25) is 0 Å². The Morgan fingerprint density at radius 1 is 1.28 bits per heavy atom. The van der Waals surface area contributed by atoms with Crippen LogP contribution in [-0.4, -0.2) is 100 Å². The Bertz CT molecular complexity index is 637. The predicted octanol–water partition coefficient (Wildman–Crippen LogP) is 0.308. The summed E-state index contributed by atoms with van der Waals surface area (Å²) in [6.07, 6.45) is -5.42. The molecule has 32 heavy (non-hydrogen) atoms. The van der Waals surface area contributed by atoms with Gasteiger partial charge in [-0.05, 0) is 37.9 Å². The lowest BCUT2D eigenvalue weighted by atomic mass is 9.88. The van der Waals surface area contributed by atoms with E-state index in [9.17, 15) is 28.9 Å². The van der Waals surface area contributed by atoms with Crippen LogP contribution in [0.15, 0.2) is 0 Å². The standard InChI is InChI=1S/C20H33ClF2N2O6S/c1-8(21)12(18-15(27)14(26)16(28)20(31-18)32-2)25-19(29)13-17-10(7-24-13)5-9(3-4-30-17)6-11(22)23/h8-18,20,24,26-28H,3-7H2,1-2H3,(H,25,29)/t8-,9+,10-,12+,13-,14?,15?,16?,17+,18?,20?/m0/s1. The van der Waals surface area contributed by atoms with Gasteiger partial charge in [-0.1, -0.05) is 0 Å². The molecular weight excluding hydrogens is 470 g/mol. The first-order valence-corrected chi connectivity index (χ1v) is 12.7. The maximum Gasteiger partial charge on any atom is 0.240 e. The van der Waals surface area contributed by atoms with Crippen LogP contribution in [0.4, 0.5) is 8.78 Å². The average molecular weight is 503 g/mol. The SMILES string of the molecule is CSC1OC([C@H](NC(=O)[C@H]2NC[C@@H]3C[C@H](CC(F)F)CCO[C@H]32)[C@H](C)Cl)C(O)C(O)C1O. The molecule has 5 N–H and O–H groups in total. The molecule has 11 atom stereocenters. The quantitative estimate of drug-likeness (QED) is 0.315. The summed E-state index contributed by atoms with van der Waals surface area (Å²) >= 11 is 7.49. The number of aliphatic hydroxyl groups is 3. The van der Waals surface area contributed by atoms with Gasteiger partial charge in [-0.2, -0.15) is 0 Å². The van der Waals surface area contributed by atoms with Crippen molar-refractivity contribution in [2.45, 2.75) is 86.0 Å². The molecule has 5 unspecified atom stereocenters. The van der Waals surface area contributed by atoms with Crippen LogP contribution in [0.25, 0.3) is 0 Å². The second-order valence-electron chi connectivity index (χ2n) is 8.89. The molecule has 3 aliphatic rings. The Labute approximate surface area is 195 Å². The topological polar surface area (TPSA) is 120 Å². The number of amides is 1. The van der Waals surface area contributed by atoms with Crippen molar-refractivity contribution in [2.24, 2.45) is 11.8 Å². The van der Waals surface area contributed by atoms with E-state index in [-0.39, 0.29) is 18.3 Å². The summed E-state index contributed by atoms with van der Waals surface area (Å²) in [4.78, 5) is 13.1. The number of fused-ring (bicyclic) bond motifs is 1. The van der Waals surface area contributed by atoms with Gasteiger partial charge in [0, 0.05) is 19.6 Å². The van der Waals surface area contributed by atoms with Gasteiger partial charge in [0.25, 0.3) is 0 Å². The highest BCUT2D eigenvalue weighted by Gasteiger charge is 2.49. The fraction of sp³-hybridized carbons (Fsp3) is 0.950. The monoisotopic (exact) mass is 502 g/mol. The minimum Gasteiger partial charge on any atom is -0.388 e. The fourth-order valence-electron chi connectivity index (χ4n) is 4.93. The number of carbonyl (C=O) groups excluding carboxylic acids is 1. The van der Waals surface area contributed by atoms with E-state index in [0.29, 0.717) is 26.0 Å². The highest BCUT2D eigenvalue weighted by molar-refractivity contribution is 7.99. The minimum absolute atomic E-state index is 0.0572. The normalized spacial score (nSPS) is 42.2. The summed E-state index contributed by atoms with van der Waals surface area (Å²) < 4.78 is 37.3. The Morgan fingerprint density at radius 2 is 2.00 bits per heavy atom. The first-order valence-electron chi connectivity index (χ1n) is 10.9. The van der Waals surface area contributed by atoms with Crippen LogP contribution in [0.1, 0.15) is 26.2 Å². The lowest BCUT2D eigenvalue weighted by Gasteiger charge is -2.44. The van der Waals surface area contributed by atoms with Crippen LogP contribution >= 0.6 is 23.4 Å². The van der Waals surface area contributed by atoms with E-state index in [0.717, 1.165) is 0 Å². The molecule has 0 spiro atoms. The molecule has 1 amide bonds. The van der Waals surface area contributed by atoms with Gasteiger partial charge < -0.3 is 35.4 Å². The van der Waals surface area contributed by atoms with Gasteiger partial charge in [0.2, 0.25) is 12.3 Å². The summed E-state index contributed by atoms with van der Waals surface area (Å²) in [6, 6.07) is -1.55. The van der Waals surface area contributed by atoms with E-state index in [4.69, 9.17) is 21.1 Å². The number of alkyl halides is 3. The van der Waals surface area contributed by atoms with Gasteiger partial charge in [-0.15, -0.1) is 23.4 Å². The molecule has 3 aliphatic heterocycles. The van der Waals surface area contributed by atoms with E-state index in [1.165, 1.54) is 11.8 Å². The van der Waals surface area contributed by atoms with E-state index in [1.54, 1.807) is 13.2 Å². The first kappa shape index (κ1) is 26.3. The Morgan fingerprint density at radius 3 is 2.62 bits per heavy atom. The number of halogens is 3. The number of carbonyl (C=O) groups is 1. The molecule has 186 valence electrons. The van der Waals surface area contributed by atoms with Crippen LogP contribution in [0.5, 0.6) is 0 Å². The molecule has 0 aromatic heterocycles. The highest BCUT2D eigenvalue weighted by Crippen LogP contribution is 2.34. The van der Waals surface area contributed by atoms with Gasteiger partial charge in [-0.25, -0.2) is 8.78 Å². The second kappa shape index (κ2) is 11.4. The van der Waals surface area contributed by atoms with Crippen LogP contribution in [0, 0.1) is 11.8 Å². The number of aliphatic hydroxyl groups excluding tert-OH is 3. The van der Waals surface area contributed by atoms with Crippen molar-refractivity contribution in [2.75, 3.05) is 19.4 Å². The van der Waals surface area contributed by atoms with Crippen molar-refractivity contribution >= 4 is 29.3 Å². The summed E-state index contributed by atoms with van der Waals surface area (Å²) in [6.45, 7) is 2.42. The third-order valence-corrected chi connectivity index (χ3v) is 7.78. The van der Waals surface area contributed by atoms with Crippen molar-refractivity contribution in [3.63, 3.8) is 0 Å². The Balaban J connectivity index is 1.68. The molecule has 0 bridgehead atoms. The molecule has 0 aliphatic carbocycles. The molecule has 3 fully saturated rings. The molecule has 3 saturated heterocycles. The van der Waals surface area contributed by atoms with Crippen molar-refractivity contribution in [1.82, 2.24) is 10.6 Å². The zero-order valence-corrected chi connectivity index (χ0v) is 19.6. The van der Waals surface area contributed by atoms with Gasteiger partial charge in [-0.3, -0.25) is 4.79 Å². The zero-order chi connectivity index (χ0) is 23.6. The summed E-state index contributed by atoms with van der Waals surface area (Å²) in [5.74, 6) is -0.607. The molecule has 0 aromatic carbocycles. The number of nitrogens with one attached hydrogen (secondary N) is 2. The Hall–Kier alpha value is -0.270. The molecule has 3 rings (SSSR count). The predicted molar refractivity (Wildman–Crippen MR) is 116 cm³/mol. The second-order valence-corrected chi connectivity index (χ2v) is 10.5. The number of hydrogen-bond donors (Lipinski definition) is 5. The van der Waals surface area contributed by atoms with Crippen molar-refractivity contribution in [3.05, 3.63) is 0 Å². The molecular formula is C20H33ClF2N2O6S. The van der Waals surface area contributed by atoms with Gasteiger partial charge >= 0.3 is 0 Å². The van der Waals surface area contributed by atoms with Gasteiger partial charge in [0.15, 0.2) is 0 Å². The molecule has 12 heteroatoms. The van der Waals surface area contributed by atoms with Crippen molar-refractivity contribution in [3.8, 4) is 0 Å². The van der Waals surface area contributed by atoms with E-state index < -0.39 is 65.7 Å². The van der Waals surface area contributed by atoms with Crippen molar-refractivity contribution < 1.29 is 38.4 Å². The molecule has 0 saturated carbocycles. The fourth-order valence-corrected chi connectivity index (χ4v) is 5.82. The summed E-state index contributed by atoms with van der Waals surface area (Å²) in [5.41, 5.74) is -0.792. The minimum atomic E-state index is -2.36. The van der Waals surface area contributed by atoms with E-state index in [1.807, 2.05) is 0 Å². The van der Waals surface area contributed by atoms with Gasteiger partial charge in [0.05, 0.1) is 17.5 Å². The summed E-state index contributed by atoms with van der Waals surface area (Å²) in [5, 5.41) is 36.1.